The van der Waals surface area contributed by atoms with Gasteiger partial charge >= 0.3 is 12.0 Å². The maximum absolute atomic E-state index is 13.7. The Hall–Kier alpha value is -2.90. The summed E-state index contributed by atoms with van der Waals surface area (Å²) in [5.41, 5.74) is 2.30. The summed E-state index contributed by atoms with van der Waals surface area (Å²) in [5.74, 6) is -0.763. The smallest absolute Gasteiger partial charge is 0.318 e. The number of methoxy groups -OCH3 is 1. The monoisotopic (exact) mass is 346 g/mol. The second-order valence-corrected chi connectivity index (χ2v) is 5.73. The fourth-order valence-corrected chi connectivity index (χ4v) is 2.98. The topological polar surface area (TPSA) is 87.3 Å². The summed E-state index contributed by atoms with van der Waals surface area (Å²) in [7, 11) is 1.30. The van der Waals surface area contributed by atoms with E-state index < -0.39 is 12.0 Å². The van der Waals surface area contributed by atoms with Gasteiger partial charge in [-0.15, -0.1) is 0 Å². The van der Waals surface area contributed by atoms with E-state index in [-0.39, 0.29) is 24.8 Å². The molecule has 2 heterocycles. The molecule has 0 radical (unpaired) electrons. The van der Waals surface area contributed by atoms with Gasteiger partial charge in [-0.2, -0.15) is 0 Å². The number of H-pyrrole nitrogens is 1. The zero-order valence-corrected chi connectivity index (χ0v) is 13.8. The molecule has 0 bridgehead atoms. The third-order valence-corrected chi connectivity index (χ3v) is 4.18. The lowest BCUT2D eigenvalue weighted by Gasteiger charge is -2.35. The van der Waals surface area contributed by atoms with Crippen LogP contribution in [0.3, 0.4) is 0 Å². The molecule has 0 fully saturated rings. The number of aromatic amines is 1. The number of urea groups is 1. The number of halogens is 1. The zero-order valence-electron chi connectivity index (χ0n) is 13.8. The number of amides is 2. The van der Waals surface area contributed by atoms with E-state index in [2.05, 4.69) is 20.0 Å². The Labute approximate surface area is 144 Å². The molecule has 7 nitrogen and oxygen atoms in total. The molecule has 1 aliphatic rings. The number of aromatic nitrogens is 2. The molecule has 8 heteroatoms. The van der Waals surface area contributed by atoms with Crippen molar-refractivity contribution in [1.82, 2.24) is 20.2 Å². The zero-order chi connectivity index (χ0) is 17.8. The molecule has 0 spiro atoms. The maximum atomic E-state index is 13.7. The highest BCUT2D eigenvalue weighted by atomic mass is 19.1. The van der Waals surface area contributed by atoms with E-state index in [1.165, 1.54) is 19.2 Å². The lowest BCUT2D eigenvalue weighted by atomic mass is 9.96. The fourth-order valence-electron chi connectivity index (χ4n) is 2.98. The standard InChI is InChI=1S/C17H19FN4O3/c1-25-14(23)5-7-19-17(24)22-8-6-13-15(21-10-20-13)16(22)11-3-2-4-12(18)9-11/h2-4,9-10,16H,5-8H2,1H3,(H,19,24)(H,20,21)/t16-/m1/s1. The van der Waals surface area contributed by atoms with Crippen LogP contribution < -0.4 is 5.32 Å². The SMILES string of the molecule is COC(=O)CCNC(=O)N1CCc2[nH]cnc2[C@H]1c1cccc(F)c1. The number of imidazole rings is 1. The number of carbonyl (C=O) groups is 2. The van der Waals surface area contributed by atoms with E-state index in [1.54, 1.807) is 23.4 Å². The summed E-state index contributed by atoms with van der Waals surface area (Å²) in [4.78, 5) is 32.8. The summed E-state index contributed by atoms with van der Waals surface area (Å²) in [6.45, 7) is 0.631. The van der Waals surface area contributed by atoms with Gasteiger partial charge in [0.05, 0.1) is 25.6 Å². The number of nitrogens with one attached hydrogen (secondary N) is 2. The van der Waals surface area contributed by atoms with Crippen LogP contribution in [-0.2, 0) is 16.0 Å². The Morgan fingerprint density at radius 1 is 1.48 bits per heavy atom. The van der Waals surface area contributed by atoms with E-state index in [9.17, 15) is 14.0 Å². The number of rotatable bonds is 4. The van der Waals surface area contributed by atoms with Crippen LogP contribution >= 0.6 is 0 Å². The maximum Gasteiger partial charge on any atom is 0.318 e. The largest absolute Gasteiger partial charge is 0.469 e. The summed E-state index contributed by atoms with van der Waals surface area (Å²) in [6, 6.07) is 5.34. The molecule has 0 saturated heterocycles. The highest BCUT2D eigenvalue weighted by molar-refractivity contribution is 5.77. The predicted octanol–water partition coefficient (Wildman–Crippen LogP) is 1.77. The average molecular weight is 346 g/mol. The molecule has 0 saturated carbocycles. The Morgan fingerprint density at radius 3 is 3.08 bits per heavy atom. The summed E-state index contributed by atoms with van der Waals surface area (Å²) in [6.07, 6.45) is 2.30. The van der Waals surface area contributed by atoms with E-state index in [4.69, 9.17) is 0 Å². The molecule has 0 aliphatic carbocycles. The van der Waals surface area contributed by atoms with Crippen LogP contribution in [0.5, 0.6) is 0 Å². The highest BCUT2D eigenvalue weighted by Gasteiger charge is 2.34. The first-order valence-corrected chi connectivity index (χ1v) is 7.99. The molecular weight excluding hydrogens is 327 g/mol. The predicted molar refractivity (Wildman–Crippen MR) is 87.3 cm³/mol. The third-order valence-electron chi connectivity index (χ3n) is 4.18. The number of esters is 1. The summed E-state index contributed by atoms with van der Waals surface area (Å²) < 4.78 is 18.2. The van der Waals surface area contributed by atoms with Crippen molar-refractivity contribution in [3.8, 4) is 0 Å². The molecule has 2 amide bonds. The fraction of sp³-hybridized carbons (Fsp3) is 0.353. The Morgan fingerprint density at radius 2 is 2.32 bits per heavy atom. The van der Waals surface area contributed by atoms with Crippen molar-refractivity contribution in [1.29, 1.82) is 0 Å². The minimum absolute atomic E-state index is 0.0916. The van der Waals surface area contributed by atoms with Crippen molar-refractivity contribution in [2.75, 3.05) is 20.2 Å². The van der Waals surface area contributed by atoms with Crippen LogP contribution in [0.25, 0.3) is 0 Å². The minimum Gasteiger partial charge on any atom is -0.469 e. The molecule has 0 unspecified atom stereocenters. The molecule has 2 aromatic rings. The molecule has 1 aromatic heterocycles. The Bertz CT molecular complexity index is 777. The number of ether oxygens (including phenoxy) is 1. The van der Waals surface area contributed by atoms with Gasteiger partial charge in [-0.3, -0.25) is 4.79 Å². The first-order chi connectivity index (χ1) is 12.1. The van der Waals surface area contributed by atoms with Gasteiger partial charge in [0.1, 0.15) is 11.9 Å². The third kappa shape index (κ3) is 3.62. The molecular formula is C17H19FN4O3. The van der Waals surface area contributed by atoms with Crippen molar-refractivity contribution >= 4 is 12.0 Å². The van der Waals surface area contributed by atoms with Crippen LogP contribution in [0.15, 0.2) is 30.6 Å². The second-order valence-electron chi connectivity index (χ2n) is 5.73. The lowest BCUT2D eigenvalue weighted by molar-refractivity contribution is -0.140. The second kappa shape index (κ2) is 7.33. The number of nitrogens with zero attached hydrogens (tertiary/aromatic N) is 2. The van der Waals surface area contributed by atoms with Crippen LogP contribution in [-0.4, -0.2) is 47.1 Å². The quantitative estimate of drug-likeness (QED) is 0.826. The molecule has 1 atom stereocenters. The van der Waals surface area contributed by atoms with Gasteiger partial charge < -0.3 is 19.9 Å². The van der Waals surface area contributed by atoms with Gasteiger partial charge in [0, 0.05) is 25.2 Å². The number of carbonyl (C=O) groups excluding carboxylic acids is 2. The molecule has 3 rings (SSSR count). The number of hydrogen-bond donors (Lipinski definition) is 2. The number of hydrogen-bond acceptors (Lipinski definition) is 4. The number of benzene rings is 1. The van der Waals surface area contributed by atoms with Crippen molar-refractivity contribution in [2.24, 2.45) is 0 Å². The Balaban J connectivity index is 1.82. The van der Waals surface area contributed by atoms with Crippen molar-refractivity contribution in [3.05, 3.63) is 53.4 Å². The normalized spacial score (nSPS) is 16.2. The van der Waals surface area contributed by atoms with Crippen LogP contribution in [0.4, 0.5) is 9.18 Å². The van der Waals surface area contributed by atoms with Gasteiger partial charge in [0.15, 0.2) is 0 Å². The molecule has 1 aromatic carbocycles. The van der Waals surface area contributed by atoms with Gasteiger partial charge in [0.2, 0.25) is 0 Å². The van der Waals surface area contributed by atoms with Crippen LogP contribution in [0, 0.1) is 5.82 Å². The lowest BCUT2D eigenvalue weighted by Crippen LogP contribution is -2.46. The molecule has 1 aliphatic heterocycles. The number of fused-ring (bicyclic) bond motifs is 1. The van der Waals surface area contributed by atoms with E-state index >= 15 is 0 Å². The van der Waals surface area contributed by atoms with Crippen LogP contribution in [0.1, 0.15) is 29.4 Å². The summed E-state index contributed by atoms with van der Waals surface area (Å²) in [5, 5.41) is 2.71. The molecule has 132 valence electrons. The Kier molecular flexibility index (Phi) is 4.97. The molecule has 25 heavy (non-hydrogen) atoms. The van der Waals surface area contributed by atoms with E-state index in [0.717, 1.165) is 5.69 Å². The highest BCUT2D eigenvalue weighted by Crippen LogP contribution is 2.33. The van der Waals surface area contributed by atoms with Crippen LogP contribution in [0.2, 0.25) is 0 Å². The first kappa shape index (κ1) is 16.9. The van der Waals surface area contributed by atoms with Crippen molar-refractivity contribution in [3.63, 3.8) is 0 Å². The summed E-state index contributed by atoms with van der Waals surface area (Å²) >= 11 is 0. The van der Waals surface area contributed by atoms with Gasteiger partial charge in [-0.05, 0) is 17.7 Å². The van der Waals surface area contributed by atoms with E-state index in [1.807, 2.05) is 0 Å². The minimum atomic E-state index is -0.483. The van der Waals surface area contributed by atoms with E-state index in [0.29, 0.717) is 24.2 Å². The van der Waals surface area contributed by atoms with Crippen molar-refractivity contribution < 1.29 is 18.7 Å². The van der Waals surface area contributed by atoms with Gasteiger partial charge in [-0.25, -0.2) is 14.2 Å². The van der Waals surface area contributed by atoms with Crippen molar-refractivity contribution in [2.45, 2.75) is 18.9 Å². The first-order valence-electron chi connectivity index (χ1n) is 7.99. The van der Waals surface area contributed by atoms with Gasteiger partial charge in [0.25, 0.3) is 0 Å². The van der Waals surface area contributed by atoms with Gasteiger partial charge in [-0.1, -0.05) is 12.1 Å². The molecule has 2 N–H and O–H groups in total. The average Bonchev–Trinajstić information content (AvgIpc) is 3.09.